The van der Waals surface area contributed by atoms with Crippen molar-refractivity contribution in [1.29, 1.82) is 0 Å². The largest absolute Gasteiger partial charge is 0.453 e. The van der Waals surface area contributed by atoms with Crippen LogP contribution in [0.15, 0.2) is 194 Å². The minimum Gasteiger partial charge on any atom is -0.453 e. The van der Waals surface area contributed by atoms with Gasteiger partial charge in [0, 0.05) is 65.3 Å². The Kier molecular flexibility index (Phi) is 10.2. The molecule has 2 aliphatic heterocycles. The SMILES string of the molecule is CC1(C)Oc2c(-c3c(P(=O)(c4ccccc4)c4ccccc4)cc(Oc4ccccc4)c4c3OC(C)(C)O4)cc(P(=O)(c3ccccc3)c3ccccc3)c(Oc3ccccc3)c2O1. The molecule has 0 amide bonds. The molecule has 0 radical (unpaired) electrons. The zero-order valence-corrected chi connectivity index (χ0v) is 37.4. The van der Waals surface area contributed by atoms with Gasteiger partial charge in [-0.05, 0) is 36.4 Å². The first-order valence-corrected chi connectivity index (χ1v) is 24.4. The van der Waals surface area contributed by atoms with Gasteiger partial charge in [0.15, 0.2) is 37.3 Å². The fraction of sp³-hybridized carbons (Fsp3) is 0.111. The summed E-state index contributed by atoms with van der Waals surface area (Å²) in [7, 11) is -7.76. The van der Waals surface area contributed by atoms with E-state index in [4.69, 9.17) is 28.4 Å². The fourth-order valence-electron chi connectivity index (χ4n) is 8.36. The zero-order chi connectivity index (χ0) is 44.1. The Morgan fingerprint density at radius 1 is 0.391 bits per heavy atom. The third-order valence-corrected chi connectivity index (χ3v) is 17.2. The van der Waals surface area contributed by atoms with Gasteiger partial charge in [-0.2, -0.15) is 0 Å². The number of hydrogen-bond donors (Lipinski definition) is 0. The highest BCUT2D eigenvalue weighted by molar-refractivity contribution is 7.86. The highest BCUT2D eigenvalue weighted by Gasteiger charge is 2.48. The number of fused-ring (bicyclic) bond motifs is 2. The van der Waals surface area contributed by atoms with Crippen molar-refractivity contribution in [1.82, 2.24) is 0 Å². The molecule has 64 heavy (non-hydrogen) atoms. The molecule has 10 heteroatoms. The molecule has 0 aliphatic carbocycles. The third kappa shape index (κ3) is 7.23. The van der Waals surface area contributed by atoms with Gasteiger partial charge in [-0.1, -0.05) is 158 Å². The average molecular weight is 883 g/mol. The Hall–Kier alpha value is -6.98. The summed E-state index contributed by atoms with van der Waals surface area (Å²) in [5.41, 5.74) is 0.809. The molecule has 2 aliphatic rings. The maximum atomic E-state index is 16.9. The van der Waals surface area contributed by atoms with Crippen molar-refractivity contribution in [3.63, 3.8) is 0 Å². The van der Waals surface area contributed by atoms with Crippen molar-refractivity contribution in [2.45, 2.75) is 39.3 Å². The Morgan fingerprint density at radius 3 is 1.20 bits per heavy atom. The van der Waals surface area contributed by atoms with Crippen molar-refractivity contribution in [3.8, 4) is 57.1 Å². The number of ether oxygens (including phenoxy) is 6. The molecule has 10 rings (SSSR count). The molecule has 0 saturated heterocycles. The lowest BCUT2D eigenvalue weighted by Crippen LogP contribution is -2.30. The van der Waals surface area contributed by atoms with Crippen LogP contribution < -0.4 is 60.2 Å². The second-order valence-corrected chi connectivity index (χ2v) is 21.9. The first-order valence-electron chi connectivity index (χ1n) is 21.0. The second kappa shape index (κ2) is 16.0. The normalized spacial score (nSPS) is 14.5. The summed E-state index contributed by atoms with van der Waals surface area (Å²) >= 11 is 0. The van der Waals surface area contributed by atoms with E-state index < -0.39 is 25.9 Å². The van der Waals surface area contributed by atoms with Crippen molar-refractivity contribution in [2.75, 3.05) is 0 Å². The summed E-state index contributed by atoms with van der Waals surface area (Å²) in [5, 5.41) is 3.00. The molecule has 0 saturated carbocycles. The average Bonchev–Trinajstić information content (AvgIpc) is 3.84. The molecule has 0 aromatic heterocycles. The molecule has 0 unspecified atom stereocenters. The lowest BCUT2D eigenvalue weighted by atomic mass is 10.0. The van der Waals surface area contributed by atoms with E-state index in [-0.39, 0.29) is 23.0 Å². The van der Waals surface area contributed by atoms with E-state index in [9.17, 15) is 0 Å². The van der Waals surface area contributed by atoms with Gasteiger partial charge in [-0.3, -0.25) is 0 Å². The van der Waals surface area contributed by atoms with Gasteiger partial charge in [0.05, 0.1) is 5.30 Å². The molecule has 0 atom stereocenters. The Bertz CT molecular complexity index is 3000. The monoisotopic (exact) mass is 882 g/mol. The highest BCUT2D eigenvalue weighted by atomic mass is 31.2. The van der Waals surface area contributed by atoms with Crippen LogP contribution in [0, 0.1) is 0 Å². The van der Waals surface area contributed by atoms with Crippen LogP contribution in [0.25, 0.3) is 11.1 Å². The predicted octanol–water partition coefficient (Wildman–Crippen LogP) is 11.2. The smallest absolute Gasteiger partial charge is 0.246 e. The second-order valence-electron chi connectivity index (χ2n) is 16.5. The van der Waals surface area contributed by atoms with Gasteiger partial charge in [0.2, 0.25) is 23.1 Å². The molecular weight excluding hydrogens is 839 g/mol. The summed E-state index contributed by atoms with van der Waals surface area (Å²) in [6, 6.07) is 59.9. The summed E-state index contributed by atoms with van der Waals surface area (Å²) in [6.45, 7) is 7.23. The third-order valence-electron chi connectivity index (χ3n) is 11.1. The summed E-state index contributed by atoms with van der Waals surface area (Å²) < 4.78 is 74.4. The Labute approximate surface area is 372 Å². The standard InChI is InChI=1S/C54H44O8P2/c1-53(2)59-48-43(35-46(50(52(48)62-53)58-38-25-13-6-14-26-38)64(56,41-31-19-9-20-32-41)42-33-21-10-22-34-42)47-45(63(55,39-27-15-7-16-28-39)40-29-17-8-18-30-40)36-44(57-37-23-11-5-12-24-37)49-51(47)61-54(3,4)60-49/h5-36H,1-4H3. The topological polar surface area (TPSA) is 89.5 Å². The maximum absolute atomic E-state index is 16.9. The van der Waals surface area contributed by atoms with E-state index >= 15 is 9.13 Å². The van der Waals surface area contributed by atoms with E-state index in [1.807, 2.05) is 202 Å². The predicted molar refractivity (Wildman–Crippen MR) is 254 cm³/mol. The van der Waals surface area contributed by atoms with E-state index in [1.165, 1.54) is 0 Å². The summed E-state index contributed by atoms with van der Waals surface area (Å²) in [5.74, 6) is 0.222. The van der Waals surface area contributed by atoms with Gasteiger partial charge < -0.3 is 37.6 Å². The number of rotatable bonds is 11. The zero-order valence-electron chi connectivity index (χ0n) is 35.6. The number of hydrogen-bond acceptors (Lipinski definition) is 8. The molecule has 318 valence electrons. The van der Waals surface area contributed by atoms with E-state index in [0.717, 1.165) is 0 Å². The molecule has 0 fully saturated rings. The Morgan fingerprint density at radius 2 is 0.750 bits per heavy atom. The first-order chi connectivity index (χ1) is 30.9. The van der Waals surface area contributed by atoms with E-state index in [1.54, 1.807) is 19.9 Å². The van der Waals surface area contributed by atoms with Crippen LogP contribution in [-0.4, -0.2) is 11.6 Å². The lowest BCUT2D eigenvalue weighted by Gasteiger charge is -2.27. The minimum absolute atomic E-state index is 0.223. The van der Waals surface area contributed by atoms with Crippen molar-refractivity contribution < 1.29 is 37.6 Å². The highest BCUT2D eigenvalue weighted by Crippen LogP contribution is 2.62. The minimum atomic E-state index is -3.89. The van der Waals surface area contributed by atoms with Gasteiger partial charge in [0.25, 0.3) is 0 Å². The van der Waals surface area contributed by atoms with Crippen molar-refractivity contribution in [2.24, 2.45) is 0 Å². The van der Waals surface area contributed by atoms with Gasteiger partial charge in [-0.15, -0.1) is 0 Å². The molecule has 8 aromatic rings. The van der Waals surface area contributed by atoms with Gasteiger partial charge in [0.1, 0.15) is 11.5 Å². The molecule has 0 spiro atoms. The van der Waals surface area contributed by atoms with Crippen LogP contribution >= 0.6 is 14.3 Å². The van der Waals surface area contributed by atoms with E-state index in [0.29, 0.717) is 66.0 Å². The quantitative estimate of drug-likeness (QED) is 0.119. The van der Waals surface area contributed by atoms with Crippen LogP contribution in [-0.2, 0) is 9.13 Å². The summed E-state index contributed by atoms with van der Waals surface area (Å²) in [6.07, 6.45) is 0. The summed E-state index contributed by atoms with van der Waals surface area (Å²) in [4.78, 5) is 0. The molecular formula is C54H44O8P2. The van der Waals surface area contributed by atoms with Crippen LogP contribution in [0.1, 0.15) is 27.7 Å². The molecule has 0 N–H and O–H groups in total. The van der Waals surface area contributed by atoms with Crippen molar-refractivity contribution in [3.05, 3.63) is 194 Å². The van der Waals surface area contributed by atoms with Gasteiger partial charge in [-0.25, -0.2) is 0 Å². The van der Waals surface area contributed by atoms with E-state index in [2.05, 4.69) is 0 Å². The van der Waals surface area contributed by atoms with Crippen LogP contribution in [0.4, 0.5) is 0 Å². The number of para-hydroxylation sites is 2. The first kappa shape index (κ1) is 41.1. The van der Waals surface area contributed by atoms with Crippen molar-refractivity contribution >= 4 is 46.1 Å². The fourth-order valence-corrected chi connectivity index (χ4v) is 14.0. The van der Waals surface area contributed by atoms with Crippen LogP contribution in [0.2, 0.25) is 0 Å². The molecule has 2 heterocycles. The van der Waals surface area contributed by atoms with Crippen LogP contribution in [0.5, 0.6) is 46.0 Å². The maximum Gasteiger partial charge on any atom is 0.246 e. The Balaban J connectivity index is 1.39. The molecule has 0 bridgehead atoms. The molecule has 8 aromatic carbocycles. The van der Waals surface area contributed by atoms with Gasteiger partial charge >= 0.3 is 0 Å². The number of benzene rings is 8. The molecule has 8 nitrogen and oxygen atoms in total. The van der Waals surface area contributed by atoms with Crippen LogP contribution in [0.3, 0.4) is 0 Å². The lowest BCUT2D eigenvalue weighted by molar-refractivity contribution is -0.0448.